The van der Waals surface area contributed by atoms with Gasteiger partial charge in [0.05, 0.1) is 12.1 Å². The first-order valence-electron chi connectivity index (χ1n) is 18.7. The van der Waals surface area contributed by atoms with Gasteiger partial charge in [0.2, 0.25) is 5.04 Å². The maximum absolute atomic E-state index is 6.30. The Kier molecular flexibility index (Phi) is 10.3. The van der Waals surface area contributed by atoms with Crippen molar-refractivity contribution in [1.82, 2.24) is 4.90 Å². The van der Waals surface area contributed by atoms with Crippen molar-refractivity contribution in [1.29, 1.82) is 0 Å². The lowest BCUT2D eigenvalue weighted by Gasteiger charge is -2.34. The first-order valence-corrected chi connectivity index (χ1v) is 20.3. The molecule has 4 nitrogen and oxygen atoms in total. The summed E-state index contributed by atoms with van der Waals surface area (Å²) in [4.78, 5) is 5.17. The van der Waals surface area contributed by atoms with Gasteiger partial charge in [-0.2, -0.15) is 0 Å². The summed E-state index contributed by atoms with van der Waals surface area (Å²) in [5.41, 5.74) is 5.68. The maximum Gasteiger partial charge on any atom is 0.239 e. The Morgan fingerprint density at radius 1 is 0.830 bits per heavy atom. The standard InChI is InChI=1S/C47H47N2O2S2/c1-5-48-32-39-18-17-36-13-8-9-15-42(36)46(39)53-45(48)26-34-25-33(29-47(2,3)30-34)11-10-16-44-49(31-38-20-21-40(50-4)28-43(38)52-44)23-24-51-41-22-19-35-12-6-7-14-37(35)27-41/h6-22,25-28H,5,23-24,29-32H2,1-4H3/q+1. The molecule has 0 fully saturated rings. The lowest BCUT2D eigenvalue weighted by molar-refractivity contribution is -0.543. The van der Waals surface area contributed by atoms with Crippen LogP contribution in [0.15, 0.2) is 153 Å². The van der Waals surface area contributed by atoms with E-state index in [0.29, 0.717) is 6.61 Å². The van der Waals surface area contributed by atoms with Crippen molar-refractivity contribution >= 4 is 50.1 Å². The Balaban J connectivity index is 1.05. The van der Waals surface area contributed by atoms with Crippen LogP contribution in [0.25, 0.3) is 21.5 Å². The quantitative estimate of drug-likeness (QED) is 0.140. The van der Waals surface area contributed by atoms with Crippen LogP contribution < -0.4 is 9.47 Å². The fraction of sp³-hybridized carbons (Fsp3) is 0.255. The maximum atomic E-state index is 6.30. The van der Waals surface area contributed by atoms with E-state index in [1.54, 1.807) is 7.11 Å². The number of nitrogens with zero attached hydrogens (tertiary/aromatic N) is 2. The Hall–Kier alpha value is -4.65. The van der Waals surface area contributed by atoms with Crippen LogP contribution in [0.2, 0.25) is 0 Å². The third-order valence-electron chi connectivity index (χ3n) is 10.3. The third kappa shape index (κ3) is 8.00. The zero-order chi connectivity index (χ0) is 36.4. The van der Waals surface area contributed by atoms with Gasteiger partial charge in [0.1, 0.15) is 18.1 Å². The molecule has 0 atom stereocenters. The molecule has 0 aromatic heterocycles. The zero-order valence-corrected chi connectivity index (χ0v) is 32.7. The fourth-order valence-electron chi connectivity index (χ4n) is 7.70. The molecule has 0 unspecified atom stereocenters. The molecule has 2 heterocycles. The first-order chi connectivity index (χ1) is 25.8. The highest BCUT2D eigenvalue weighted by Gasteiger charge is 2.28. The van der Waals surface area contributed by atoms with E-state index in [0.717, 1.165) is 50.5 Å². The van der Waals surface area contributed by atoms with Gasteiger partial charge in [-0.3, -0.25) is 0 Å². The summed E-state index contributed by atoms with van der Waals surface area (Å²) < 4.78 is 14.3. The van der Waals surface area contributed by atoms with E-state index in [9.17, 15) is 0 Å². The Morgan fingerprint density at radius 3 is 2.45 bits per heavy atom. The SMILES string of the molecule is CCN1Cc2ccc3ccccc3c2S/C1=C\C1=CC(=C/C=C/C2=[N+](CCOc3ccc4ccccc4c3)Cc3ccc(OC)cc3S2)/CC(C)(C)C1. The Labute approximate surface area is 322 Å². The minimum absolute atomic E-state index is 0.177. The molecule has 5 aromatic carbocycles. The molecule has 0 N–H and O–H groups in total. The zero-order valence-electron chi connectivity index (χ0n) is 31.1. The molecule has 3 aliphatic rings. The molecule has 53 heavy (non-hydrogen) atoms. The van der Waals surface area contributed by atoms with E-state index in [-0.39, 0.29) is 5.41 Å². The van der Waals surface area contributed by atoms with Crippen LogP contribution >= 0.6 is 23.5 Å². The highest BCUT2D eigenvalue weighted by Crippen LogP contribution is 2.45. The second-order valence-corrected chi connectivity index (χ2v) is 17.0. The fourth-order valence-corrected chi connectivity index (χ4v) is 10.1. The molecule has 2 aliphatic heterocycles. The average Bonchev–Trinajstić information content (AvgIpc) is 3.16. The summed E-state index contributed by atoms with van der Waals surface area (Å²) >= 11 is 3.74. The summed E-state index contributed by atoms with van der Waals surface area (Å²) in [5.74, 6) is 1.80. The number of ether oxygens (including phenoxy) is 2. The van der Waals surface area contributed by atoms with E-state index in [2.05, 4.69) is 158 Å². The molecule has 1 aliphatic carbocycles. The predicted molar refractivity (Wildman–Crippen MR) is 224 cm³/mol. The molecule has 8 rings (SSSR count). The van der Waals surface area contributed by atoms with Gasteiger partial charge in [-0.15, -0.1) is 0 Å². The largest absolute Gasteiger partial charge is 0.497 e. The number of hydrogen-bond donors (Lipinski definition) is 0. The van der Waals surface area contributed by atoms with Crippen molar-refractivity contribution < 1.29 is 14.0 Å². The number of rotatable bonds is 9. The van der Waals surface area contributed by atoms with Crippen LogP contribution in [-0.2, 0) is 13.1 Å². The topological polar surface area (TPSA) is 24.7 Å². The molecule has 0 spiro atoms. The van der Waals surface area contributed by atoms with Crippen LogP contribution in [0.4, 0.5) is 0 Å². The van der Waals surface area contributed by atoms with Crippen LogP contribution in [0.5, 0.6) is 11.5 Å². The van der Waals surface area contributed by atoms with Gasteiger partial charge < -0.3 is 14.4 Å². The van der Waals surface area contributed by atoms with Gasteiger partial charge in [-0.05, 0) is 112 Å². The summed E-state index contributed by atoms with van der Waals surface area (Å²) in [5, 5.41) is 7.65. The molecular formula is C47H47N2O2S2+. The van der Waals surface area contributed by atoms with Gasteiger partial charge in [-0.25, -0.2) is 4.58 Å². The predicted octanol–water partition coefficient (Wildman–Crippen LogP) is 11.8. The summed E-state index contributed by atoms with van der Waals surface area (Å²) in [6.45, 7) is 11.2. The van der Waals surface area contributed by atoms with E-state index in [1.807, 2.05) is 23.5 Å². The van der Waals surface area contributed by atoms with Gasteiger partial charge in [-0.1, -0.05) is 111 Å². The van der Waals surface area contributed by atoms with Gasteiger partial charge in [0.15, 0.2) is 13.1 Å². The minimum Gasteiger partial charge on any atom is -0.497 e. The van der Waals surface area contributed by atoms with E-state index in [1.165, 1.54) is 63.7 Å². The first kappa shape index (κ1) is 35.4. The van der Waals surface area contributed by atoms with Gasteiger partial charge in [0, 0.05) is 34.5 Å². The highest BCUT2D eigenvalue weighted by atomic mass is 32.2. The van der Waals surface area contributed by atoms with E-state index >= 15 is 0 Å². The van der Waals surface area contributed by atoms with Crippen LogP contribution in [0, 0.1) is 5.41 Å². The Bertz CT molecular complexity index is 2350. The number of fused-ring (bicyclic) bond motifs is 5. The van der Waals surface area contributed by atoms with Crippen LogP contribution in [0.3, 0.4) is 0 Å². The summed E-state index contributed by atoms with van der Waals surface area (Å²) in [6.07, 6.45) is 13.9. The number of allylic oxidation sites excluding steroid dienone is 6. The normalized spacial score (nSPS) is 18.5. The third-order valence-corrected chi connectivity index (χ3v) is 12.8. The molecular weight excluding hydrogens is 689 g/mol. The molecule has 0 radical (unpaired) electrons. The van der Waals surface area contributed by atoms with Crippen molar-refractivity contribution in [2.45, 2.75) is 56.5 Å². The lowest BCUT2D eigenvalue weighted by Crippen LogP contribution is -2.26. The Morgan fingerprint density at radius 2 is 1.60 bits per heavy atom. The minimum atomic E-state index is 0.177. The summed E-state index contributed by atoms with van der Waals surface area (Å²) in [6, 6.07) is 34.6. The lowest BCUT2D eigenvalue weighted by atomic mass is 9.75. The average molecular weight is 736 g/mol. The number of thioether (sulfide) groups is 2. The molecule has 268 valence electrons. The van der Waals surface area contributed by atoms with E-state index < -0.39 is 0 Å². The van der Waals surface area contributed by atoms with Crippen LogP contribution in [0.1, 0.15) is 44.7 Å². The van der Waals surface area contributed by atoms with Crippen LogP contribution in [-0.4, -0.2) is 41.3 Å². The summed E-state index contributed by atoms with van der Waals surface area (Å²) in [7, 11) is 1.74. The second-order valence-electron chi connectivity index (χ2n) is 14.9. The highest BCUT2D eigenvalue weighted by molar-refractivity contribution is 8.14. The molecule has 0 bridgehead atoms. The second kappa shape index (κ2) is 15.4. The van der Waals surface area contributed by atoms with Crippen molar-refractivity contribution in [2.75, 3.05) is 26.8 Å². The van der Waals surface area contributed by atoms with E-state index in [4.69, 9.17) is 9.47 Å². The molecule has 0 amide bonds. The van der Waals surface area contributed by atoms with Crippen molar-refractivity contribution in [3.8, 4) is 11.5 Å². The molecule has 0 saturated carbocycles. The van der Waals surface area contributed by atoms with Gasteiger partial charge in [0.25, 0.3) is 0 Å². The molecule has 5 aromatic rings. The number of methoxy groups -OCH3 is 1. The molecule has 6 heteroatoms. The molecule has 0 saturated heterocycles. The van der Waals surface area contributed by atoms with Crippen molar-refractivity contribution in [3.63, 3.8) is 0 Å². The number of benzene rings is 5. The number of hydrogen-bond acceptors (Lipinski definition) is 5. The van der Waals surface area contributed by atoms with Crippen molar-refractivity contribution in [3.05, 3.63) is 155 Å². The van der Waals surface area contributed by atoms with Gasteiger partial charge >= 0.3 is 0 Å². The van der Waals surface area contributed by atoms with Crippen molar-refractivity contribution in [2.24, 2.45) is 5.41 Å². The smallest absolute Gasteiger partial charge is 0.239 e. The monoisotopic (exact) mass is 735 g/mol.